The third-order valence-electron chi connectivity index (χ3n) is 9.40. The van der Waals surface area contributed by atoms with E-state index in [0.29, 0.717) is 22.7 Å². The van der Waals surface area contributed by atoms with E-state index in [-0.39, 0.29) is 35.6 Å². The predicted octanol–water partition coefficient (Wildman–Crippen LogP) is 1.39. The van der Waals surface area contributed by atoms with E-state index in [1.165, 1.54) is 11.0 Å². The van der Waals surface area contributed by atoms with Gasteiger partial charge in [0.1, 0.15) is 5.75 Å². The number of likely N-dealkylation sites (N-methyl/N-ethyl adjacent to an activating group) is 1. The highest BCUT2D eigenvalue weighted by atomic mass is 35.5. The van der Waals surface area contributed by atoms with Crippen LogP contribution >= 0.6 is 11.6 Å². The third kappa shape index (κ3) is 4.40. The number of amides is 1. The summed E-state index contributed by atoms with van der Waals surface area (Å²) < 4.78 is 0. The number of carbonyl (C=O) groups excluding carboxylic acids is 5. The van der Waals surface area contributed by atoms with Crippen molar-refractivity contribution in [3.8, 4) is 5.75 Å². The van der Waals surface area contributed by atoms with Gasteiger partial charge < -0.3 is 15.9 Å². The Hall–Kier alpha value is -2.66. The minimum absolute atomic E-state index is 0.0217. The first-order valence-corrected chi connectivity index (χ1v) is 13.8. The fraction of sp³-hybridized carbons (Fsp3) is 0.621. The molecule has 0 spiro atoms. The minimum Gasteiger partial charge on any atom is -0.507 e. The summed E-state index contributed by atoms with van der Waals surface area (Å²) in [5.41, 5.74) is 3.50. The average Bonchev–Trinajstić information content (AvgIpc) is 2.82. The fourth-order valence-corrected chi connectivity index (χ4v) is 7.18. The van der Waals surface area contributed by atoms with Crippen molar-refractivity contribution < 1.29 is 34.2 Å². The lowest BCUT2D eigenvalue weighted by molar-refractivity contribution is -0.181. The number of rotatable bonds is 5. The van der Waals surface area contributed by atoms with Crippen molar-refractivity contribution in [2.75, 3.05) is 21.1 Å². The van der Waals surface area contributed by atoms with Gasteiger partial charge in [-0.15, -0.1) is 0 Å². The van der Waals surface area contributed by atoms with Crippen molar-refractivity contribution in [1.82, 2.24) is 9.80 Å². The van der Waals surface area contributed by atoms with Crippen LogP contribution in [-0.4, -0.2) is 87.9 Å². The molecule has 0 aliphatic heterocycles. The highest BCUT2D eigenvalue weighted by molar-refractivity contribution is 6.34. The molecule has 218 valence electrons. The van der Waals surface area contributed by atoms with E-state index in [1.807, 2.05) is 7.05 Å². The molecule has 11 heteroatoms. The summed E-state index contributed by atoms with van der Waals surface area (Å²) in [4.78, 5) is 69.8. The molecule has 4 rings (SSSR count). The summed E-state index contributed by atoms with van der Waals surface area (Å²) in [6, 6.07) is 0.436. The Morgan fingerprint density at radius 2 is 1.77 bits per heavy atom. The van der Waals surface area contributed by atoms with Crippen molar-refractivity contribution in [2.45, 2.75) is 64.8 Å². The van der Waals surface area contributed by atoms with E-state index in [1.54, 1.807) is 14.1 Å². The van der Waals surface area contributed by atoms with Gasteiger partial charge in [-0.2, -0.15) is 0 Å². The maximum Gasteiger partial charge on any atom is 0.235 e. The monoisotopic (exact) mass is 575 g/mol. The summed E-state index contributed by atoms with van der Waals surface area (Å²) in [6.45, 7) is 8.85. The summed E-state index contributed by atoms with van der Waals surface area (Å²) >= 11 is 6.85. The van der Waals surface area contributed by atoms with Gasteiger partial charge >= 0.3 is 0 Å². The Kier molecular flexibility index (Phi) is 7.58. The Morgan fingerprint density at radius 3 is 2.30 bits per heavy atom. The molecule has 2 fully saturated rings. The van der Waals surface area contributed by atoms with E-state index in [2.05, 4.69) is 32.6 Å². The Morgan fingerprint density at radius 1 is 1.18 bits per heavy atom. The average molecular weight is 576 g/mol. The van der Waals surface area contributed by atoms with Crippen LogP contribution in [0.25, 0.3) is 0 Å². The number of nitrogens with two attached hydrogens (primary N) is 1. The standard InChI is InChI=1S/C29H38ClN3O7/c1-12(28(2,3)4)33(7)11-14-10-17(34)19-15(21(14)30)8-13-9-16-22(32(5)6)24(36)20(27(31)39)26(38)29(16,40)25(37)18(13)23(19)35/h10,12-13,16,18,20,22,34,40H,8-9,11H2,1-7H3,(H2,31,39)/t12-,13+,16+,18?,20?,22+,29+/m1/s1. The van der Waals surface area contributed by atoms with E-state index in [9.17, 15) is 34.2 Å². The van der Waals surface area contributed by atoms with Crippen molar-refractivity contribution in [2.24, 2.45) is 34.8 Å². The van der Waals surface area contributed by atoms with Gasteiger partial charge in [-0.1, -0.05) is 32.4 Å². The van der Waals surface area contributed by atoms with Gasteiger partial charge in [0, 0.05) is 23.5 Å². The van der Waals surface area contributed by atoms with Crippen molar-refractivity contribution in [3.63, 3.8) is 0 Å². The molecule has 2 saturated carbocycles. The quantitative estimate of drug-likeness (QED) is 0.441. The molecule has 0 bridgehead atoms. The fourth-order valence-electron chi connectivity index (χ4n) is 6.89. The smallest absolute Gasteiger partial charge is 0.235 e. The van der Waals surface area contributed by atoms with E-state index in [0.717, 1.165) is 0 Å². The van der Waals surface area contributed by atoms with Gasteiger partial charge in [-0.3, -0.25) is 33.8 Å². The molecule has 0 aromatic heterocycles. The number of aliphatic hydroxyl groups is 1. The normalized spacial score (nSPS) is 31.2. The van der Waals surface area contributed by atoms with Crippen LogP contribution < -0.4 is 5.73 Å². The Balaban J connectivity index is 1.79. The number of ketones is 4. The second-order valence-electron chi connectivity index (χ2n) is 13.0. The van der Waals surface area contributed by atoms with Crippen LogP contribution in [-0.2, 0) is 32.1 Å². The molecule has 0 saturated heterocycles. The molecule has 2 unspecified atom stereocenters. The van der Waals surface area contributed by atoms with Crippen LogP contribution in [0.3, 0.4) is 0 Å². The minimum atomic E-state index is -2.75. The van der Waals surface area contributed by atoms with E-state index >= 15 is 0 Å². The van der Waals surface area contributed by atoms with Gasteiger partial charge in [-0.05, 0) is 69.4 Å². The second-order valence-corrected chi connectivity index (χ2v) is 13.3. The predicted molar refractivity (Wildman–Crippen MR) is 147 cm³/mol. The number of aromatic hydroxyl groups is 1. The number of hydrogen-bond donors (Lipinski definition) is 3. The lowest BCUT2D eigenvalue weighted by Crippen LogP contribution is -2.74. The van der Waals surface area contributed by atoms with Gasteiger partial charge in [0.2, 0.25) is 5.91 Å². The SMILES string of the molecule is C[C@@H](N(C)Cc1cc(O)c2c(c1Cl)C[C@H]1C[C@H]3[C@H](N(C)C)C(=O)C(C(N)=O)C(=O)[C@@]3(O)C(=O)C1C2=O)C(C)(C)C. The Labute approximate surface area is 238 Å². The van der Waals surface area contributed by atoms with Gasteiger partial charge in [-0.25, -0.2) is 0 Å². The van der Waals surface area contributed by atoms with Crippen LogP contribution in [0.2, 0.25) is 5.02 Å². The first-order chi connectivity index (χ1) is 18.3. The van der Waals surface area contributed by atoms with Crippen LogP contribution in [0.5, 0.6) is 5.75 Å². The number of carbonyl (C=O) groups is 5. The highest BCUT2D eigenvalue weighted by Crippen LogP contribution is 2.52. The highest BCUT2D eigenvalue weighted by Gasteiger charge is 2.69. The number of halogens is 1. The molecule has 40 heavy (non-hydrogen) atoms. The van der Waals surface area contributed by atoms with E-state index in [4.69, 9.17) is 17.3 Å². The van der Waals surface area contributed by atoms with Crippen molar-refractivity contribution in [3.05, 3.63) is 27.8 Å². The number of nitrogens with zero attached hydrogens (tertiary/aromatic N) is 2. The van der Waals surface area contributed by atoms with Crippen LogP contribution in [0.1, 0.15) is 55.6 Å². The number of Topliss-reactive ketones (excluding diaryl/α,β-unsaturated/α-hetero) is 4. The van der Waals surface area contributed by atoms with Crippen LogP contribution in [0, 0.1) is 29.1 Å². The molecular formula is C29H38ClN3O7. The molecule has 10 nitrogen and oxygen atoms in total. The second kappa shape index (κ2) is 10.0. The molecule has 7 atom stereocenters. The van der Waals surface area contributed by atoms with E-state index < -0.39 is 64.4 Å². The largest absolute Gasteiger partial charge is 0.507 e. The summed E-state index contributed by atoms with van der Waals surface area (Å²) in [5.74, 6) is -10.8. The number of phenols is 1. The number of hydrogen-bond acceptors (Lipinski definition) is 9. The molecule has 1 aromatic carbocycles. The van der Waals surface area contributed by atoms with Gasteiger partial charge in [0.15, 0.2) is 34.7 Å². The third-order valence-corrected chi connectivity index (χ3v) is 9.87. The molecule has 3 aliphatic carbocycles. The number of fused-ring (bicyclic) bond motifs is 3. The number of benzene rings is 1. The summed E-state index contributed by atoms with van der Waals surface area (Å²) in [6.07, 6.45) is 0.108. The maximum atomic E-state index is 13.9. The van der Waals surface area contributed by atoms with Crippen molar-refractivity contribution in [1.29, 1.82) is 0 Å². The first kappa shape index (κ1) is 30.3. The molecule has 3 aliphatic rings. The molecule has 4 N–H and O–H groups in total. The van der Waals surface area contributed by atoms with Gasteiger partial charge in [0.05, 0.1) is 17.5 Å². The summed E-state index contributed by atoms with van der Waals surface area (Å²) in [5, 5.41) is 22.9. The zero-order valence-electron chi connectivity index (χ0n) is 23.9. The number of primary amides is 1. The summed E-state index contributed by atoms with van der Waals surface area (Å²) in [7, 11) is 5.04. The molecule has 0 radical (unpaired) electrons. The first-order valence-electron chi connectivity index (χ1n) is 13.4. The molecule has 1 amide bonds. The zero-order valence-corrected chi connectivity index (χ0v) is 24.7. The maximum absolute atomic E-state index is 13.9. The zero-order chi connectivity index (χ0) is 30.2. The lowest BCUT2D eigenvalue weighted by Gasteiger charge is -2.52. The van der Waals surface area contributed by atoms with Gasteiger partial charge in [0.25, 0.3) is 0 Å². The molecular weight excluding hydrogens is 538 g/mol. The Bertz CT molecular complexity index is 1320. The van der Waals surface area contributed by atoms with Crippen molar-refractivity contribution >= 4 is 40.6 Å². The molecule has 0 heterocycles. The van der Waals surface area contributed by atoms with Crippen LogP contribution in [0.4, 0.5) is 0 Å². The topological polar surface area (TPSA) is 158 Å². The number of phenolic OH excluding ortho intramolecular Hbond substituents is 1. The van der Waals surface area contributed by atoms with Crippen LogP contribution in [0.15, 0.2) is 6.07 Å². The lowest BCUT2D eigenvalue weighted by atomic mass is 9.52. The molecule has 1 aromatic rings.